The fourth-order valence-electron chi connectivity index (χ4n) is 1.21. The summed E-state index contributed by atoms with van der Waals surface area (Å²) in [7, 11) is 0. The minimum atomic E-state index is -0.255. The molecule has 0 aliphatic heterocycles. The van der Waals surface area contributed by atoms with Gasteiger partial charge >= 0.3 is 0 Å². The van der Waals surface area contributed by atoms with Crippen LogP contribution in [0.2, 0.25) is 0 Å². The summed E-state index contributed by atoms with van der Waals surface area (Å²) in [5.41, 5.74) is 0.842. The zero-order valence-electron chi connectivity index (χ0n) is 9.80. The van der Waals surface area contributed by atoms with Gasteiger partial charge in [-0.3, -0.25) is 9.98 Å². The highest BCUT2D eigenvalue weighted by Gasteiger charge is 2.05. The first-order valence-corrected chi connectivity index (χ1v) is 5.50. The minimum absolute atomic E-state index is 0.255. The van der Waals surface area contributed by atoms with E-state index in [0.717, 1.165) is 5.69 Å². The minimum Gasteiger partial charge on any atom is -0.351 e. The van der Waals surface area contributed by atoms with E-state index in [9.17, 15) is 0 Å². The molecular weight excluding hydrogens is 204 g/mol. The van der Waals surface area contributed by atoms with Gasteiger partial charge in [0.25, 0.3) is 0 Å². The maximum absolute atomic E-state index is 5.36. The van der Waals surface area contributed by atoms with Gasteiger partial charge < -0.3 is 9.47 Å². The molecule has 4 nitrogen and oxygen atoms in total. The number of nitrogens with zero attached hydrogens (tertiary/aromatic N) is 2. The molecule has 0 N–H and O–H groups in total. The van der Waals surface area contributed by atoms with E-state index < -0.39 is 0 Å². The van der Waals surface area contributed by atoms with Gasteiger partial charge in [0.2, 0.25) is 0 Å². The Hall–Kier alpha value is -1.26. The Morgan fingerprint density at radius 2 is 2.06 bits per heavy atom. The lowest BCUT2D eigenvalue weighted by Gasteiger charge is -2.13. The average molecular weight is 222 g/mol. The summed E-state index contributed by atoms with van der Waals surface area (Å²) in [5.74, 6) is 0. The summed E-state index contributed by atoms with van der Waals surface area (Å²) in [4.78, 5) is 8.38. The van der Waals surface area contributed by atoms with Gasteiger partial charge in [-0.1, -0.05) is 6.07 Å². The van der Waals surface area contributed by atoms with E-state index in [2.05, 4.69) is 9.98 Å². The van der Waals surface area contributed by atoms with Crippen LogP contribution in [-0.2, 0) is 9.47 Å². The van der Waals surface area contributed by atoms with E-state index in [1.807, 2.05) is 32.0 Å². The molecule has 4 heteroatoms. The van der Waals surface area contributed by atoms with Crippen molar-refractivity contribution in [2.75, 3.05) is 19.8 Å². The Bertz CT molecular complexity index is 295. The first-order chi connectivity index (χ1) is 7.86. The summed E-state index contributed by atoms with van der Waals surface area (Å²) in [6, 6.07) is 5.71. The van der Waals surface area contributed by atoms with Crippen LogP contribution in [0.25, 0.3) is 0 Å². The summed E-state index contributed by atoms with van der Waals surface area (Å²) in [5, 5.41) is 0. The van der Waals surface area contributed by atoms with Gasteiger partial charge in [-0.25, -0.2) is 0 Å². The van der Waals surface area contributed by atoms with E-state index in [0.29, 0.717) is 19.8 Å². The lowest BCUT2D eigenvalue weighted by molar-refractivity contribution is -0.128. The van der Waals surface area contributed by atoms with Crippen molar-refractivity contribution < 1.29 is 9.47 Å². The van der Waals surface area contributed by atoms with Crippen LogP contribution in [-0.4, -0.2) is 37.2 Å². The molecule has 1 aromatic heterocycles. The van der Waals surface area contributed by atoms with Gasteiger partial charge in [0.15, 0.2) is 6.29 Å². The predicted octanol–water partition coefficient (Wildman–Crippen LogP) is 1.90. The van der Waals surface area contributed by atoms with E-state index in [4.69, 9.17) is 9.47 Å². The van der Waals surface area contributed by atoms with E-state index in [1.165, 1.54) is 0 Å². The van der Waals surface area contributed by atoms with Gasteiger partial charge in [0.05, 0.1) is 12.2 Å². The SMILES string of the molecule is CCOC(CN=Cc1ccccn1)OCC. The molecule has 0 unspecified atom stereocenters. The Balaban J connectivity index is 2.39. The second kappa shape index (κ2) is 7.96. The van der Waals surface area contributed by atoms with Gasteiger partial charge in [-0.15, -0.1) is 0 Å². The fraction of sp³-hybridized carbons (Fsp3) is 0.500. The standard InChI is InChI=1S/C12H18N2O2/c1-3-15-12(16-4-2)10-13-9-11-7-5-6-8-14-11/h5-9,12H,3-4,10H2,1-2H3. The molecule has 1 heterocycles. The van der Waals surface area contributed by atoms with E-state index in [-0.39, 0.29) is 6.29 Å². The number of pyridine rings is 1. The monoisotopic (exact) mass is 222 g/mol. The molecule has 88 valence electrons. The van der Waals surface area contributed by atoms with Crippen LogP contribution in [0, 0.1) is 0 Å². The fourth-order valence-corrected chi connectivity index (χ4v) is 1.21. The Morgan fingerprint density at radius 1 is 1.31 bits per heavy atom. The molecule has 0 saturated heterocycles. The second-order valence-electron chi connectivity index (χ2n) is 3.09. The smallest absolute Gasteiger partial charge is 0.176 e. The number of aromatic nitrogens is 1. The molecule has 0 atom stereocenters. The zero-order valence-corrected chi connectivity index (χ0v) is 9.80. The highest BCUT2D eigenvalue weighted by atomic mass is 16.7. The van der Waals surface area contributed by atoms with Crippen LogP contribution in [0.3, 0.4) is 0 Å². The van der Waals surface area contributed by atoms with Crippen LogP contribution in [0.1, 0.15) is 19.5 Å². The lowest BCUT2D eigenvalue weighted by Crippen LogP contribution is -2.20. The quantitative estimate of drug-likeness (QED) is 0.523. The van der Waals surface area contributed by atoms with Crippen molar-refractivity contribution in [1.82, 2.24) is 4.98 Å². The summed E-state index contributed by atoms with van der Waals surface area (Å²) >= 11 is 0. The molecule has 0 aliphatic rings. The lowest BCUT2D eigenvalue weighted by atomic mass is 10.4. The third kappa shape index (κ3) is 5.00. The number of aliphatic imine (C=N–C) groups is 1. The van der Waals surface area contributed by atoms with Crippen molar-refractivity contribution in [3.8, 4) is 0 Å². The maximum atomic E-state index is 5.36. The van der Waals surface area contributed by atoms with Crippen LogP contribution < -0.4 is 0 Å². The highest BCUT2D eigenvalue weighted by molar-refractivity contribution is 5.76. The van der Waals surface area contributed by atoms with Crippen LogP contribution in [0.5, 0.6) is 0 Å². The maximum Gasteiger partial charge on any atom is 0.176 e. The summed E-state index contributed by atoms with van der Waals surface area (Å²) in [6.45, 7) is 5.63. The Morgan fingerprint density at radius 3 is 2.62 bits per heavy atom. The third-order valence-electron chi connectivity index (χ3n) is 1.87. The number of hydrogen-bond donors (Lipinski definition) is 0. The normalized spacial score (nSPS) is 11.4. The Kier molecular flexibility index (Phi) is 6.37. The van der Waals surface area contributed by atoms with Crippen LogP contribution in [0.4, 0.5) is 0 Å². The molecule has 0 aromatic carbocycles. The van der Waals surface area contributed by atoms with Crippen molar-refractivity contribution in [3.63, 3.8) is 0 Å². The van der Waals surface area contributed by atoms with Crippen molar-refractivity contribution in [2.24, 2.45) is 4.99 Å². The molecule has 0 aliphatic carbocycles. The average Bonchev–Trinajstić information content (AvgIpc) is 2.31. The molecule has 0 bridgehead atoms. The van der Waals surface area contributed by atoms with Gasteiger partial charge in [-0.05, 0) is 26.0 Å². The first kappa shape index (κ1) is 12.8. The Labute approximate surface area is 96.3 Å². The first-order valence-electron chi connectivity index (χ1n) is 5.50. The summed E-state index contributed by atoms with van der Waals surface area (Å²) in [6.07, 6.45) is 3.21. The number of hydrogen-bond acceptors (Lipinski definition) is 4. The van der Waals surface area contributed by atoms with Crippen molar-refractivity contribution in [3.05, 3.63) is 30.1 Å². The highest BCUT2D eigenvalue weighted by Crippen LogP contribution is 1.96. The largest absolute Gasteiger partial charge is 0.351 e. The number of rotatable bonds is 7. The van der Waals surface area contributed by atoms with Gasteiger partial charge in [0, 0.05) is 25.6 Å². The molecule has 0 radical (unpaired) electrons. The van der Waals surface area contributed by atoms with Crippen molar-refractivity contribution in [2.45, 2.75) is 20.1 Å². The van der Waals surface area contributed by atoms with Crippen LogP contribution in [0.15, 0.2) is 29.4 Å². The predicted molar refractivity (Wildman–Crippen MR) is 63.7 cm³/mol. The van der Waals surface area contributed by atoms with Crippen molar-refractivity contribution >= 4 is 6.21 Å². The van der Waals surface area contributed by atoms with E-state index in [1.54, 1.807) is 12.4 Å². The van der Waals surface area contributed by atoms with E-state index >= 15 is 0 Å². The summed E-state index contributed by atoms with van der Waals surface area (Å²) < 4.78 is 10.7. The topological polar surface area (TPSA) is 43.7 Å². The second-order valence-corrected chi connectivity index (χ2v) is 3.09. The van der Waals surface area contributed by atoms with Gasteiger partial charge in [0.1, 0.15) is 0 Å². The molecule has 0 spiro atoms. The molecule has 1 rings (SSSR count). The van der Waals surface area contributed by atoms with Gasteiger partial charge in [-0.2, -0.15) is 0 Å². The molecule has 1 aromatic rings. The zero-order chi connectivity index (χ0) is 11.6. The number of ether oxygens (including phenoxy) is 2. The molecule has 0 saturated carbocycles. The third-order valence-corrected chi connectivity index (χ3v) is 1.87. The molecular formula is C12H18N2O2. The molecule has 16 heavy (non-hydrogen) atoms. The molecule has 0 amide bonds. The molecule has 0 fully saturated rings. The van der Waals surface area contributed by atoms with Crippen molar-refractivity contribution in [1.29, 1.82) is 0 Å². The van der Waals surface area contributed by atoms with Crippen LogP contribution >= 0.6 is 0 Å².